The molecule has 0 unspecified atom stereocenters. The maximum atomic E-state index is 6.32. The molecule has 0 radical (unpaired) electrons. The van der Waals surface area contributed by atoms with E-state index in [-0.39, 0.29) is 0 Å². The Morgan fingerprint density at radius 1 is 1.05 bits per heavy atom. The van der Waals surface area contributed by atoms with E-state index in [1.165, 1.54) is 0 Å². The Labute approximate surface area is 142 Å². The molecule has 4 nitrogen and oxygen atoms in total. The average Bonchev–Trinajstić information content (AvgIpc) is 2.62. The van der Waals surface area contributed by atoms with Crippen LogP contribution in [0, 0.1) is 0 Å². The molecule has 2 rings (SSSR count). The molecule has 0 aromatic heterocycles. The summed E-state index contributed by atoms with van der Waals surface area (Å²) in [5, 5.41) is 0.820. The fraction of sp³-hybridized carbons (Fsp3) is 0.600. The number of methoxy groups -OCH3 is 1. The molecule has 0 spiro atoms. The number of ether oxygens (including phenoxy) is 2. The lowest BCUT2D eigenvalue weighted by molar-refractivity contribution is 0.00578. The van der Waals surface area contributed by atoms with Crippen molar-refractivity contribution in [2.75, 3.05) is 20.3 Å². The Hall–Kier alpha value is -0.455. The van der Waals surface area contributed by atoms with Crippen molar-refractivity contribution in [3.8, 4) is 5.75 Å². The lowest BCUT2D eigenvalue weighted by Crippen LogP contribution is -2.41. The van der Waals surface area contributed by atoms with Crippen molar-refractivity contribution in [3.63, 3.8) is 0 Å². The average molecular weight is 347 g/mol. The monoisotopic (exact) mass is 346 g/mol. The summed E-state index contributed by atoms with van der Waals surface area (Å²) in [5.41, 5.74) is -0.221. The Bertz CT molecular complexity index is 533. The number of hydrogen-bond acceptors (Lipinski definition) is 4. The molecule has 122 valence electrons. The van der Waals surface area contributed by atoms with E-state index in [1.54, 1.807) is 19.2 Å². The number of hydrogen-bond donors (Lipinski definition) is 0. The Balaban J connectivity index is 2.27. The third kappa shape index (κ3) is 3.54. The molecule has 0 atom stereocenters. The minimum atomic E-state index is -0.582. The predicted molar refractivity (Wildman–Crippen MR) is 89.5 cm³/mol. The van der Waals surface area contributed by atoms with E-state index >= 15 is 0 Å². The summed E-state index contributed by atoms with van der Waals surface area (Å²) in [5.74, 6) is 0.608. The van der Waals surface area contributed by atoms with Gasteiger partial charge in [-0.2, -0.15) is 0 Å². The van der Waals surface area contributed by atoms with Crippen LogP contribution >= 0.6 is 23.2 Å². The zero-order valence-corrected chi connectivity index (χ0v) is 15.0. The molecule has 1 aromatic carbocycles. The van der Waals surface area contributed by atoms with Crippen molar-refractivity contribution in [2.24, 2.45) is 0 Å². The lowest BCUT2D eigenvalue weighted by Gasteiger charge is -2.32. The van der Waals surface area contributed by atoms with Crippen LogP contribution < -0.4 is 10.2 Å². The Kier molecular flexibility index (Phi) is 5.35. The third-order valence-corrected chi connectivity index (χ3v) is 4.91. The molecule has 0 aliphatic carbocycles. The molecule has 1 saturated heterocycles. The van der Waals surface area contributed by atoms with Gasteiger partial charge in [-0.15, -0.1) is 0 Å². The second-order valence-electron chi connectivity index (χ2n) is 6.24. The summed E-state index contributed by atoms with van der Waals surface area (Å²) in [6, 6.07) is 3.47. The van der Waals surface area contributed by atoms with Crippen LogP contribution in [0.4, 0.5) is 0 Å². The minimum Gasteiger partial charge on any atom is -0.491 e. The highest BCUT2D eigenvalue weighted by atomic mass is 35.5. The van der Waals surface area contributed by atoms with Crippen LogP contribution in [0.3, 0.4) is 0 Å². The highest BCUT2D eigenvalue weighted by Crippen LogP contribution is 2.38. The van der Waals surface area contributed by atoms with Gasteiger partial charge in [0.25, 0.3) is 0 Å². The lowest BCUT2D eigenvalue weighted by atomic mass is 9.79. The van der Waals surface area contributed by atoms with E-state index in [4.69, 9.17) is 42.0 Å². The predicted octanol–water partition coefficient (Wildman–Crippen LogP) is 3.32. The first kappa shape index (κ1) is 17.9. The molecule has 1 heterocycles. The standard InChI is InChI=1S/C15H21BCl2O4/c1-14(2)15(3,4)22-16(21-14)11-8-10(20-7-6-19-5)9-12(17)13(11)18/h8-9H,6-7H2,1-5H3. The molecule has 1 fully saturated rings. The van der Waals surface area contributed by atoms with Crippen LogP contribution in [0.1, 0.15) is 27.7 Å². The zero-order valence-electron chi connectivity index (χ0n) is 13.5. The van der Waals surface area contributed by atoms with Gasteiger partial charge in [0.1, 0.15) is 12.4 Å². The molecule has 0 saturated carbocycles. The summed E-state index contributed by atoms with van der Waals surface area (Å²) in [4.78, 5) is 0. The molecule has 0 amide bonds. The van der Waals surface area contributed by atoms with Crippen LogP contribution in [0.5, 0.6) is 5.75 Å². The van der Waals surface area contributed by atoms with E-state index < -0.39 is 18.3 Å². The SMILES string of the molecule is COCCOc1cc(Cl)c(Cl)c(B2OC(C)(C)C(C)(C)O2)c1. The highest BCUT2D eigenvalue weighted by molar-refractivity contribution is 6.66. The van der Waals surface area contributed by atoms with Crippen molar-refractivity contribution in [3.05, 3.63) is 22.2 Å². The number of benzene rings is 1. The summed E-state index contributed by atoms with van der Waals surface area (Å²) in [6.45, 7) is 8.87. The quantitative estimate of drug-likeness (QED) is 0.605. The Morgan fingerprint density at radius 3 is 2.18 bits per heavy atom. The molecule has 22 heavy (non-hydrogen) atoms. The van der Waals surface area contributed by atoms with Crippen LogP contribution in [0.25, 0.3) is 0 Å². The first-order valence-electron chi connectivity index (χ1n) is 7.14. The van der Waals surface area contributed by atoms with Crippen LogP contribution in [-0.2, 0) is 14.0 Å². The van der Waals surface area contributed by atoms with Gasteiger partial charge < -0.3 is 18.8 Å². The number of halogens is 2. The van der Waals surface area contributed by atoms with Crippen molar-refractivity contribution in [1.82, 2.24) is 0 Å². The van der Waals surface area contributed by atoms with Crippen molar-refractivity contribution in [2.45, 2.75) is 38.9 Å². The van der Waals surface area contributed by atoms with E-state index in [9.17, 15) is 0 Å². The molecule has 1 aliphatic rings. The smallest absolute Gasteiger partial charge is 0.491 e. The summed E-state index contributed by atoms with van der Waals surface area (Å²) < 4.78 is 22.6. The fourth-order valence-corrected chi connectivity index (χ4v) is 2.47. The van der Waals surface area contributed by atoms with Gasteiger partial charge in [-0.3, -0.25) is 0 Å². The summed E-state index contributed by atoms with van der Waals surface area (Å²) in [7, 11) is 1.04. The van der Waals surface area contributed by atoms with Gasteiger partial charge in [-0.05, 0) is 33.8 Å². The zero-order chi connectivity index (χ0) is 16.5. The van der Waals surface area contributed by atoms with Crippen molar-refractivity contribution in [1.29, 1.82) is 0 Å². The largest absolute Gasteiger partial charge is 0.496 e. The second-order valence-corrected chi connectivity index (χ2v) is 7.02. The first-order valence-corrected chi connectivity index (χ1v) is 7.90. The van der Waals surface area contributed by atoms with Crippen LogP contribution in [0.15, 0.2) is 12.1 Å². The van der Waals surface area contributed by atoms with Crippen molar-refractivity contribution < 1.29 is 18.8 Å². The highest BCUT2D eigenvalue weighted by Gasteiger charge is 2.52. The van der Waals surface area contributed by atoms with Gasteiger partial charge in [0.05, 0.1) is 27.9 Å². The van der Waals surface area contributed by atoms with Gasteiger partial charge in [0.15, 0.2) is 0 Å². The molecule has 7 heteroatoms. The molecule has 0 N–H and O–H groups in total. The van der Waals surface area contributed by atoms with Crippen LogP contribution in [0.2, 0.25) is 10.0 Å². The molecule has 0 bridgehead atoms. The molecular weight excluding hydrogens is 326 g/mol. The molecular formula is C15H21BCl2O4. The van der Waals surface area contributed by atoms with Gasteiger partial charge in [-0.25, -0.2) is 0 Å². The van der Waals surface area contributed by atoms with E-state index in [1.807, 2.05) is 27.7 Å². The first-order chi connectivity index (χ1) is 10.2. The number of rotatable bonds is 5. The Morgan fingerprint density at radius 2 is 1.64 bits per heavy atom. The fourth-order valence-electron chi connectivity index (χ4n) is 2.05. The topological polar surface area (TPSA) is 36.9 Å². The van der Waals surface area contributed by atoms with Gasteiger partial charge in [0, 0.05) is 18.6 Å². The van der Waals surface area contributed by atoms with Gasteiger partial charge >= 0.3 is 7.12 Å². The summed E-state index contributed by atoms with van der Waals surface area (Å²) >= 11 is 12.5. The normalized spacial score (nSPS) is 19.5. The van der Waals surface area contributed by atoms with E-state index in [0.29, 0.717) is 34.5 Å². The van der Waals surface area contributed by atoms with E-state index in [2.05, 4.69) is 0 Å². The third-order valence-electron chi connectivity index (χ3n) is 4.09. The van der Waals surface area contributed by atoms with Gasteiger partial charge in [-0.1, -0.05) is 23.2 Å². The van der Waals surface area contributed by atoms with E-state index in [0.717, 1.165) is 0 Å². The van der Waals surface area contributed by atoms with Crippen LogP contribution in [-0.4, -0.2) is 38.6 Å². The maximum Gasteiger partial charge on any atom is 0.496 e. The molecule has 1 aromatic rings. The van der Waals surface area contributed by atoms with Gasteiger partial charge in [0.2, 0.25) is 0 Å². The minimum absolute atomic E-state index is 0.404. The maximum absolute atomic E-state index is 6.32. The second kappa shape index (κ2) is 6.58. The summed E-state index contributed by atoms with van der Waals surface area (Å²) in [6.07, 6.45) is 0. The molecule has 1 aliphatic heterocycles. The van der Waals surface area contributed by atoms with Crippen molar-refractivity contribution >= 4 is 35.8 Å².